The summed E-state index contributed by atoms with van der Waals surface area (Å²) in [5.74, 6) is -0.664. The van der Waals surface area contributed by atoms with Gasteiger partial charge >= 0.3 is 0 Å². The molecule has 19 heavy (non-hydrogen) atoms. The number of carbonyl (C=O) groups excluding carboxylic acids is 1. The molecule has 0 aliphatic carbocycles. The van der Waals surface area contributed by atoms with Crippen molar-refractivity contribution in [2.75, 3.05) is 5.73 Å². The third-order valence-corrected chi connectivity index (χ3v) is 4.75. The van der Waals surface area contributed by atoms with E-state index in [9.17, 15) is 13.2 Å². The Kier molecular flexibility index (Phi) is 3.47. The van der Waals surface area contributed by atoms with Gasteiger partial charge in [0.25, 0.3) is 10.0 Å². The van der Waals surface area contributed by atoms with Crippen LogP contribution in [0.25, 0.3) is 4.96 Å². The molecule has 104 valence electrons. The first-order valence-corrected chi connectivity index (χ1v) is 7.69. The second-order valence-corrected chi connectivity index (χ2v) is 6.55. The van der Waals surface area contributed by atoms with E-state index in [0.29, 0.717) is 4.96 Å². The number of anilines is 1. The number of sulfonamides is 1. The molecule has 2 heterocycles. The summed E-state index contributed by atoms with van der Waals surface area (Å²) in [6.07, 6.45) is 1.47. The Labute approximate surface area is 113 Å². The Morgan fingerprint density at radius 1 is 1.63 bits per heavy atom. The molecule has 1 unspecified atom stereocenters. The van der Waals surface area contributed by atoms with E-state index in [1.54, 1.807) is 18.5 Å². The molecule has 1 atom stereocenters. The van der Waals surface area contributed by atoms with Crippen LogP contribution in [-0.2, 0) is 14.8 Å². The van der Waals surface area contributed by atoms with Crippen LogP contribution < -0.4 is 16.2 Å². The molecular weight excluding hydrogens is 290 g/mol. The molecule has 0 saturated carbocycles. The monoisotopic (exact) mass is 303 g/mol. The van der Waals surface area contributed by atoms with Crippen molar-refractivity contribution in [3.05, 3.63) is 11.6 Å². The van der Waals surface area contributed by atoms with Crippen LogP contribution in [0.5, 0.6) is 0 Å². The highest BCUT2D eigenvalue weighted by Gasteiger charge is 2.26. The number of nitrogen functional groups attached to an aromatic ring is 1. The van der Waals surface area contributed by atoms with E-state index in [2.05, 4.69) is 9.71 Å². The zero-order valence-electron chi connectivity index (χ0n) is 10.0. The minimum Gasteiger partial charge on any atom is -0.381 e. The molecule has 0 aliphatic heterocycles. The lowest BCUT2D eigenvalue weighted by atomic mass is 10.2. The first kappa shape index (κ1) is 13.8. The second-order valence-electron chi connectivity index (χ2n) is 4.05. The minimum atomic E-state index is -3.86. The van der Waals surface area contributed by atoms with Crippen LogP contribution in [0.1, 0.15) is 13.3 Å². The summed E-state index contributed by atoms with van der Waals surface area (Å²) in [5.41, 5.74) is 10.6. The topological polar surface area (TPSA) is 133 Å². The number of aromatic nitrogens is 2. The molecule has 10 heteroatoms. The van der Waals surface area contributed by atoms with Gasteiger partial charge in [-0.15, -0.1) is 11.3 Å². The normalized spacial score (nSPS) is 13.7. The summed E-state index contributed by atoms with van der Waals surface area (Å²) in [5, 5.41) is 1.58. The summed E-state index contributed by atoms with van der Waals surface area (Å²) >= 11 is 1.27. The fraction of sp³-hybridized carbons (Fsp3) is 0.333. The second kappa shape index (κ2) is 4.79. The SMILES string of the molecule is CC(CC(N)=O)NS(=O)(=O)c1c(N)nc2sccn12. The maximum Gasteiger partial charge on any atom is 0.260 e. The number of primary amides is 1. The van der Waals surface area contributed by atoms with Gasteiger partial charge in [-0.25, -0.2) is 18.1 Å². The Hall–Kier alpha value is -1.65. The number of fused-ring (bicyclic) bond motifs is 1. The highest BCUT2D eigenvalue weighted by molar-refractivity contribution is 7.89. The molecule has 0 bridgehead atoms. The van der Waals surface area contributed by atoms with E-state index in [1.165, 1.54) is 15.7 Å². The minimum absolute atomic E-state index is 0.0781. The molecule has 0 aromatic carbocycles. The van der Waals surface area contributed by atoms with Crippen LogP contribution in [-0.4, -0.2) is 29.8 Å². The van der Waals surface area contributed by atoms with Gasteiger partial charge in [0.15, 0.2) is 15.8 Å². The first-order valence-electron chi connectivity index (χ1n) is 5.33. The average molecular weight is 303 g/mol. The standard InChI is InChI=1S/C9H13N5O3S2/c1-5(4-6(10)15)13-19(16,17)8-7(11)12-9-14(8)2-3-18-9/h2-3,5,13H,4,11H2,1H3,(H2,10,15). The Morgan fingerprint density at radius 3 is 2.95 bits per heavy atom. The summed E-state index contributed by atoms with van der Waals surface area (Å²) in [7, 11) is -3.86. The Morgan fingerprint density at radius 2 is 2.32 bits per heavy atom. The van der Waals surface area contributed by atoms with E-state index < -0.39 is 22.0 Å². The van der Waals surface area contributed by atoms with Crippen molar-refractivity contribution in [2.24, 2.45) is 5.73 Å². The van der Waals surface area contributed by atoms with Crippen LogP contribution >= 0.6 is 11.3 Å². The Bertz CT molecular complexity index is 717. The van der Waals surface area contributed by atoms with Gasteiger partial charge in [-0.05, 0) is 6.92 Å². The van der Waals surface area contributed by atoms with Gasteiger partial charge in [0.2, 0.25) is 5.91 Å². The van der Waals surface area contributed by atoms with Crippen molar-refractivity contribution in [3.63, 3.8) is 0 Å². The van der Waals surface area contributed by atoms with Gasteiger partial charge in [0.1, 0.15) is 0 Å². The van der Waals surface area contributed by atoms with Crippen molar-refractivity contribution >= 4 is 38.0 Å². The molecule has 0 radical (unpaired) electrons. The number of hydrogen-bond donors (Lipinski definition) is 3. The number of imidazole rings is 1. The van der Waals surface area contributed by atoms with Crippen LogP contribution in [0, 0.1) is 0 Å². The number of nitrogens with two attached hydrogens (primary N) is 2. The lowest BCUT2D eigenvalue weighted by molar-refractivity contribution is -0.118. The third-order valence-electron chi connectivity index (χ3n) is 2.36. The predicted molar refractivity (Wildman–Crippen MR) is 71.1 cm³/mol. The fourth-order valence-electron chi connectivity index (χ4n) is 1.71. The molecule has 2 aromatic rings. The summed E-state index contributed by atoms with van der Waals surface area (Å²) in [6, 6.07) is -0.619. The van der Waals surface area contributed by atoms with Crippen molar-refractivity contribution in [2.45, 2.75) is 24.4 Å². The van der Waals surface area contributed by atoms with Gasteiger partial charge in [0, 0.05) is 24.0 Å². The number of hydrogen-bond acceptors (Lipinski definition) is 6. The van der Waals surface area contributed by atoms with E-state index >= 15 is 0 Å². The number of thiazole rings is 1. The van der Waals surface area contributed by atoms with Crippen LogP contribution in [0.3, 0.4) is 0 Å². The first-order chi connectivity index (χ1) is 8.81. The number of carbonyl (C=O) groups is 1. The van der Waals surface area contributed by atoms with Gasteiger partial charge in [-0.1, -0.05) is 0 Å². The summed E-state index contributed by atoms with van der Waals surface area (Å²) in [6.45, 7) is 1.55. The average Bonchev–Trinajstić information content (AvgIpc) is 2.72. The molecule has 0 fully saturated rings. The summed E-state index contributed by atoms with van der Waals surface area (Å²) in [4.78, 5) is 15.2. The van der Waals surface area contributed by atoms with Crippen molar-refractivity contribution in [1.82, 2.24) is 14.1 Å². The maximum atomic E-state index is 12.2. The quantitative estimate of drug-likeness (QED) is 0.686. The summed E-state index contributed by atoms with van der Waals surface area (Å²) < 4.78 is 28.2. The van der Waals surface area contributed by atoms with Crippen molar-refractivity contribution in [3.8, 4) is 0 Å². The van der Waals surface area contributed by atoms with Gasteiger partial charge < -0.3 is 11.5 Å². The van der Waals surface area contributed by atoms with Crippen LogP contribution in [0.2, 0.25) is 0 Å². The molecule has 8 nitrogen and oxygen atoms in total. The lowest BCUT2D eigenvalue weighted by Gasteiger charge is -2.12. The lowest BCUT2D eigenvalue weighted by Crippen LogP contribution is -2.36. The smallest absolute Gasteiger partial charge is 0.260 e. The highest BCUT2D eigenvalue weighted by Crippen LogP contribution is 2.23. The maximum absolute atomic E-state index is 12.2. The molecule has 0 aliphatic rings. The largest absolute Gasteiger partial charge is 0.381 e. The zero-order valence-corrected chi connectivity index (χ0v) is 11.7. The highest BCUT2D eigenvalue weighted by atomic mass is 32.2. The molecule has 0 saturated heterocycles. The molecular formula is C9H13N5O3S2. The number of nitrogens with one attached hydrogen (secondary N) is 1. The van der Waals surface area contributed by atoms with E-state index in [-0.39, 0.29) is 17.3 Å². The molecule has 1 amide bonds. The van der Waals surface area contributed by atoms with Gasteiger partial charge in [-0.3, -0.25) is 9.20 Å². The number of rotatable bonds is 5. The van der Waals surface area contributed by atoms with E-state index in [0.717, 1.165) is 0 Å². The Balaban J connectivity index is 2.36. The molecule has 2 rings (SSSR count). The molecule has 2 aromatic heterocycles. The molecule has 0 spiro atoms. The third kappa shape index (κ3) is 2.69. The zero-order chi connectivity index (χ0) is 14.2. The number of nitrogens with zero attached hydrogens (tertiary/aromatic N) is 2. The van der Waals surface area contributed by atoms with Gasteiger partial charge in [-0.2, -0.15) is 0 Å². The van der Waals surface area contributed by atoms with Crippen LogP contribution in [0.4, 0.5) is 5.82 Å². The van der Waals surface area contributed by atoms with Gasteiger partial charge in [0.05, 0.1) is 0 Å². The molecule has 5 N–H and O–H groups in total. The number of amides is 1. The fourth-order valence-corrected chi connectivity index (χ4v) is 3.94. The van der Waals surface area contributed by atoms with Crippen LogP contribution in [0.15, 0.2) is 16.6 Å². The van der Waals surface area contributed by atoms with E-state index in [4.69, 9.17) is 11.5 Å². The predicted octanol–water partition coefficient (Wildman–Crippen LogP) is -0.480. The van der Waals surface area contributed by atoms with E-state index in [1.807, 2.05) is 0 Å². The van der Waals surface area contributed by atoms with Crippen molar-refractivity contribution in [1.29, 1.82) is 0 Å². The van der Waals surface area contributed by atoms with Crippen molar-refractivity contribution < 1.29 is 13.2 Å².